The van der Waals surface area contributed by atoms with Crippen LogP contribution in [0.1, 0.15) is 5.56 Å². The molecule has 80 valence electrons. The maximum absolute atomic E-state index is 11.4. The van der Waals surface area contributed by atoms with Crippen LogP contribution in [0.25, 0.3) is 0 Å². The maximum Gasteiger partial charge on any atom is 0.242 e. The lowest BCUT2D eigenvalue weighted by atomic mass is 10.1. The van der Waals surface area contributed by atoms with Crippen molar-refractivity contribution in [2.45, 2.75) is 12.5 Å². The van der Waals surface area contributed by atoms with Crippen molar-refractivity contribution in [3.63, 3.8) is 0 Å². The van der Waals surface area contributed by atoms with Crippen molar-refractivity contribution < 1.29 is 9.59 Å². The molecule has 15 heavy (non-hydrogen) atoms. The van der Waals surface area contributed by atoms with Crippen LogP contribution in [-0.4, -0.2) is 30.4 Å². The topological polar surface area (TPSA) is 71.1 Å². The highest BCUT2D eigenvalue weighted by molar-refractivity contribution is 5.83. The van der Waals surface area contributed by atoms with Gasteiger partial charge in [0.05, 0.1) is 0 Å². The van der Waals surface area contributed by atoms with Crippen LogP contribution >= 0.6 is 0 Å². The highest BCUT2D eigenvalue weighted by Crippen LogP contribution is 2.01. The van der Waals surface area contributed by atoms with Gasteiger partial charge < -0.3 is 10.6 Å². The predicted molar refractivity (Wildman–Crippen MR) is 55.0 cm³/mol. The molecule has 0 bridgehead atoms. The smallest absolute Gasteiger partial charge is 0.242 e. The lowest BCUT2D eigenvalue weighted by Crippen LogP contribution is -2.43. The summed E-state index contributed by atoms with van der Waals surface area (Å²) in [4.78, 5) is 25.6. The van der Waals surface area contributed by atoms with Gasteiger partial charge in [0.25, 0.3) is 0 Å². The Morgan fingerprint density at radius 3 is 2.73 bits per heavy atom. The molecular weight excluding hydrogens is 194 g/mol. The second-order valence-corrected chi connectivity index (χ2v) is 3.01. The third kappa shape index (κ3) is 3.38. The number of carbonyl (C=O) groups is 2. The fourth-order valence-electron chi connectivity index (χ4n) is 1.24. The zero-order valence-corrected chi connectivity index (χ0v) is 8.43. The van der Waals surface area contributed by atoms with E-state index in [1.807, 2.05) is 12.1 Å². The molecule has 0 saturated carbocycles. The average Bonchev–Trinajstić information content (AvgIpc) is 2.29. The number of aromatic nitrogens is 1. The van der Waals surface area contributed by atoms with Gasteiger partial charge in [0.15, 0.2) is 0 Å². The van der Waals surface area contributed by atoms with E-state index in [4.69, 9.17) is 0 Å². The van der Waals surface area contributed by atoms with E-state index in [1.54, 1.807) is 12.4 Å². The van der Waals surface area contributed by atoms with E-state index in [-0.39, 0.29) is 5.91 Å². The molecular formula is C10H13N3O2. The first-order chi connectivity index (χ1) is 7.27. The number of likely N-dealkylation sites (N-methyl/N-ethyl adjacent to an activating group) is 1. The van der Waals surface area contributed by atoms with Gasteiger partial charge in [-0.25, -0.2) is 0 Å². The minimum atomic E-state index is -0.533. The van der Waals surface area contributed by atoms with Gasteiger partial charge in [0.2, 0.25) is 12.3 Å². The molecule has 1 rings (SSSR count). The molecule has 0 unspecified atom stereocenters. The molecule has 0 radical (unpaired) electrons. The van der Waals surface area contributed by atoms with Crippen molar-refractivity contribution in [2.24, 2.45) is 0 Å². The van der Waals surface area contributed by atoms with Crippen molar-refractivity contribution in [3.05, 3.63) is 30.1 Å². The van der Waals surface area contributed by atoms with Crippen molar-refractivity contribution in [2.75, 3.05) is 7.05 Å². The van der Waals surface area contributed by atoms with E-state index < -0.39 is 6.04 Å². The summed E-state index contributed by atoms with van der Waals surface area (Å²) in [7, 11) is 1.54. The van der Waals surface area contributed by atoms with Gasteiger partial charge in [-0.3, -0.25) is 14.6 Å². The third-order valence-electron chi connectivity index (χ3n) is 2.02. The van der Waals surface area contributed by atoms with Crippen molar-refractivity contribution in [1.82, 2.24) is 15.6 Å². The fraction of sp³-hybridized carbons (Fsp3) is 0.300. The quantitative estimate of drug-likeness (QED) is 0.638. The van der Waals surface area contributed by atoms with Crippen LogP contribution in [0, 0.1) is 0 Å². The van der Waals surface area contributed by atoms with E-state index in [0.717, 1.165) is 5.56 Å². The molecule has 0 spiro atoms. The van der Waals surface area contributed by atoms with Gasteiger partial charge in [0.1, 0.15) is 6.04 Å². The molecule has 0 aliphatic carbocycles. The minimum absolute atomic E-state index is 0.209. The van der Waals surface area contributed by atoms with Crippen LogP contribution in [0.4, 0.5) is 0 Å². The van der Waals surface area contributed by atoms with Gasteiger partial charge in [-0.05, 0) is 17.7 Å². The monoisotopic (exact) mass is 207 g/mol. The number of hydrogen-bond acceptors (Lipinski definition) is 3. The zero-order chi connectivity index (χ0) is 11.1. The number of amides is 2. The largest absolute Gasteiger partial charge is 0.357 e. The molecule has 5 heteroatoms. The Labute approximate surface area is 87.9 Å². The molecule has 1 heterocycles. The average molecular weight is 207 g/mol. The van der Waals surface area contributed by atoms with Gasteiger partial charge in [-0.15, -0.1) is 0 Å². The normalized spacial score (nSPS) is 11.5. The number of pyridine rings is 1. The van der Waals surface area contributed by atoms with Crippen molar-refractivity contribution in [1.29, 1.82) is 0 Å². The number of nitrogens with one attached hydrogen (secondary N) is 2. The molecule has 0 saturated heterocycles. The summed E-state index contributed by atoms with van der Waals surface area (Å²) in [5, 5.41) is 4.96. The van der Waals surface area contributed by atoms with Crippen molar-refractivity contribution >= 4 is 12.3 Å². The predicted octanol–water partition coefficient (Wildman–Crippen LogP) is -0.515. The van der Waals surface area contributed by atoms with Crippen LogP contribution in [0.5, 0.6) is 0 Å². The number of rotatable bonds is 5. The summed E-state index contributed by atoms with van der Waals surface area (Å²) in [5.74, 6) is -0.209. The fourth-order valence-corrected chi connectivity index (χ4v) is 1.24. The lowest BCUT2D eigenvalue weighted by molar-refractivity contribution is -0.124. The standard InChI is InChI=1S/C10H13N3O2/c1-11-10(15)9(13-7-14)6-8-2-4-12-5-3-8/h2-5,7,9H,6H2,1H3,(H,11,15)(H,13,14)/t9-/m0/s1. The minimum Gasteiger partial charge on any atom is -0.357 e. The first-order valence-electron chi connectivity index (χ1n) is 4.58. The Kier molecular flexibility index (Phi) is 4.28. The summed E-state index contributed by atoms with van der Waals surface area (Å²) in [6, 6.07) is 3.08. The molecule has 1 aromatic heterocycles. The van der Waals surface area contributed by atoms with Crippen LogP contribution < -0.4 is 10.6 Å². The maximum atomic E-state index is 11.4. The third-order valence-corrected chi connectivity index (χ3v) is 2.02. The first kappa shape index (κ1) is 11.2. The Morgan fingerprint density at radius 1 is 1.53 bits per heavy atom. The molecule has 1 atom stereocenters. The van der Waals surface area contributed by atoms with Gasteiger partial charge in [-0.1, -0.05) is 0 Å². The van der Waals surface area contributed by atoms with E-state index in [0.29, 0.717) is 12.8 Å². The summed E-state index contributed by atoms with van der Waals surface area (Å²) in [6.45, 7) is 0. The Hall–Kier alpha value is -1.91. The molecule has 0 aliphatic rings. The lowest BCUT2D eigenvalue weighted by Gasteiger charge is -2.13. The van der Waals surface area contributed by atoms with Gasteiger partial charge in [0, 0.05) is 25.9 Å². The SMILES string of the molecule is CNC(=O)[C@H](Cc1ccncc1)NC=O. The summed E-state index contributed by atoms with van der Waals surface area (Å²) >= 11 is 0. The van der Waals surface area contributed by atoms with Gasteiger partial charge in [-0.2, -0.15) is 0 Å². The molecule has 5 nitrogen and oxygen atoms in total. The van der Waals surface area contributed by atoms with Crippen LogP contribution in [0.3, 0.4) is 0 Å². The van der Waals surface area contributed by atoms with Crippen LogP contribution in [0.15, 0.2) is 24.5 Å². The molecule has 0 aromatic carbocycles. The Morgan fingerprint density at radius 2 is 2.20 bits per heavy atom. The van der Waals surface area contributed by atoms with E-state index in [2.05, 4.69) is 15.6 Å². The molecule has 0 fully saturated rings. The summed E-state index contributed by atoms with van der Waals surface area (Å²) in [6.07, 6.45) is 4.29. The van der Waals surface area contributed by atoms with E-state index in [9.17, 15) is 9.59 Å². The molecule has 2 amide bonds. The second-order valence-electron chi connectivity index (χ2n) is 3.01. The number of nitrogens with zero attached hydrogens (tertiary/aromatic N) is 1. The van der Waals surface area contributed by atoms with Crippen LogP contribution in [-0.2, 0) is 16.0 Å². The van der Waals surface area contributed by atoms with Crippen LogP contribution in [0.2, 0.25) is 0 Å². The summed E-state index contributed by atoms with van der Waals surface area (Å²) < 4.78 is 0. The Balaban J connectivity index is 2.66. The van der Waals surface area contributed by atoms with Crippen molar-refractivity contribution in [3.8, 4) is 0 Å². The molecule has 0 aliphatic heterocycles. The number of hydrogen-bond donors (Lipinski definition) is 2. The Bertz CT molecular complexity index is 327. The first-order valence-corrected chi connectivity index (χ1v) is 4.58. The zero-order valence-electron chi connectivity index (χ0n) is 8.43. The van der Waals surface area contributed by atoms with Gasteiger partial charge >= 0.3 is 0 Å². The molecule has 2 N–H and O–H groups in total. The van der Waals surface area contributed by atoms with E-state index in [1.165, 1.54) is 7.05 Å². The summed E-state index contributed by atoms with van der Waals surface area (Å²) in [5.41, 5.74) is 0.952. The molecule has 1 aromatic rings. The van der Waals surface area contributed by atoms with E-state index >= 15 is 0 Å². The number of carbonyl (C=O) groups excluding carboxylic acids is 2. The highest BCUT2D eigenvalue weighted by atomic mass is 16.2. The highest BCUT2D eigenvalue weighted by Gasteiger charge is 2.16. The second kappa shape index (κ2) is 5.74.